The van der Waals surface area contributed by atoms with Crippen LogP contribution >= 0.6 is 0 Å². The van der Waals surface area contributed by atoms with Crippen molar-refractivity contribution in [1.82, 2.24) is 15.3 Å². The van der Waals surface area contributed by atoms with Crippen LogP contribution in [-0.4, -0.2) is 21.8 Å². The standard InChI is InChI=1S/C21H15F2N5/c1-13-21(16-5-7-18(22)25-11-16,17-6-8-19(23)26-12-17)28-20(27-13)15-4-2-3-14(9-15)10-24/h2-9,11-13H,1H3,(H,27,28)/t13-/m0/s1. The number of aliphatic imine (C=N–C) groups is 1. The van der Waals surface area contributed by atoms with Crippen molar-refractivity contribution in [2.75, 3.05) is 0 Å². The van der Waals surface area contributed by atoms with Crippen LogP contribution in [0.4, 0.5) is 8.78 Å². The maximum absolute atomic E-state index is 13.4. The Balaban J connectivity index is 1.92. The Bertz CT molecular complexity index is 1040. The van der Waals surface area contributed by atoms with Gasteiger partial charge in [0.2, 0.25) is 11.9 Å². The van der Waals surface area contributed by atoms with Gasteiger partial charge in [0, 0.05) is 29.1 Å². The van der Waals surface area contributed by atoms with Gasteiger partial charge in [0.15, 0.2) is 0 Å². The van der Waals surface area contributed by atoms with E-state index in [2.05, 4.69) is 21.4 Å². The monoisotopic (exact) mass is 375 g/mol. The van der Waals surface area contributed by atoms with E-state index in [9.17, 15) is 8.78 Å². The van der Waals surface area contributed by atoms with Crippen molar-refractivity contribution in [1.29, 1.82) is 5.26 Å². The molecule has 2 aromatic heterocycles. The van der Waals surface area contributed by atoms with Gasteiger partial charge >= 0.3 is 0 Å². The van der Waals surface area contributed by atoms with Gasteiger partial charge < -0.3 is 5.32 Å². The van der Waals surface area contributed by atoms with Gasteiger partial charge in [-0.25, -0.2) is 15.0 Å². The summed E-state index contributed by atoms with van der Waals surface area (Å²) in [5.74, 6) is -0.612. The first-order valence-electron chi connectivity index (χ1n) is 8.64. The number of halogens is 2. The molecule has 3 heterocycles. The number of nitrogens with one attached hydrogen (secondary N) is 1. The van der Waals surface area contributed by atoms with Gasteiger partial charge in [-0.15, -0.1) is 0 Å². The SMILES string of the molecule is C[C@@H]1NC(c2cccc(C#N)c2)=NC1(c1ccc(F)nc1)c1ccc(F)nc1. The summed E-state index contributed by atoms with van der Waals surface area (Å²) in [6.45, 7) is 1.93. The molecule has 0 unspecified atom stereocenters. The van der Waals surface area contributed by atoms with Gasteiger partial charge in [-0.2, -0.15) is 14.0 Å². The van der Waals surface area contributed by atoms with Crippen LogP contribution in [0.5, 0.6) is 0 Å². The Morgan fingerprint density at radius 1 is 1.00 bits per heavy atom. The topological polar surface area (TPSA) is 74.0 Å². The minimum absolute atomic E-state index is 0.257. The third-order valence-corrected chi connectivity index (χ3v) is 4.87. The Labute approximate surface area is 160 Å². The molecule has 1 aliphatic rings. The Hall–Kier alpha value is -3.66. The summed E-state index contributed by atoms with van der Waals surface area (Å²) in [6, 6.07) is 14.7. The lowest BCUT2D eigenvalue weighted by Gasteiger charge is -2.31. The molecule has 1 N–H and O–H groups in total. The van der Waals surface area contributed by atoms with E-state index >= 15 is 0 Å². The smallest absolute Gasteiger partial charge is 0.212 e. The lowest BCUT2D eigenvalue weighted by Crippen LogP contribution is -2.41. The number of nitrogens with zero attached hydrogens (tertiary/aromatic N) is 4. The van der Waals surface area contributed by atoms with Gasteiger partial charge in [0.25, 0.3) is 0 Å². The average molecular weight is 375 g/mol. The highest BCUT2D eigenvalue weighted by molar-refractivity contribution is 6.01. The van der Waals surface area contributed by atoms with Gasteiger partial charge in [0.05, 0.1) is 17.7 Å². The van der Waals surface area contributed by atoms with Crippen LogP contribution in [0, 0.1) is 23.2 Å². The van der Waals surface area contributed by atoms with E-state index in [0.717, 1.165) is 5.56 Å². The van der Waals surface area contributed by atoms with Gasteiger partial charge in [0.1, 0.15) is 11.4 Å². The van der Waals surface area contributed by atoms with E-state index in [-0.39, 0.29) is 6.04 Å². The summed E-state index contributed by atoms with van der Waals surface area (Å²) < 4.78 is 26.8. The van der Waals surface area contributed by atoms with Crippen LogP contribution in [0.25, 0.3) is 0 Å². The van der Waals surface area contributed by atoms with Crippen LogP contribution in [0.1, 0.15) is 29.2 Å². The van der Waals surface area contributed by atoms with E-state index in [1.54, 1.807) is 30.3 Å². The maximum Gasteiger partial charge on any atom is 0.212 e. The molecule has 1 aromatic carbocycles. The number of amidine groups is 1. The largest absolute Gasteiger partial charge is 0.364 e. The molecule has 0 saturated heterocycles. The fourth-order valence-corrected chi connectivity index (χ4v) is 3.50. The minimum atomic E-state index is -0.973. The molecular weight excluding hydrogens is 360 g/mol. The van der Waals surface area contributed by atoms with Crippen molar-refractivity contribution in [2.24, 2.45) is 4.99 Å². The van der Waals surface area contributed by atoms with E-state index in [1.165, 1.54) is 24.5 Å². The molecule has 0 spiro atoms. The summed E-state index contributed by atoms with van der Waals surface area (Å²) in [4.78, 5) is 12.5. The maximum atomic E-state index is 13.4. The van der Waals surface area contributed by atoms with Gasteiger partial charge in [-0.1, -0.05) is 24.3 Å². The highest BCUT2D eigenvalue weighted by atomic mass is 19.1. The molecule has 3 aromatic rings. The summed E-state index contributed by atoms with van der Waals surface area (Å²) in [7, 11) is 0. The molecule has 5 nitrogen and oxygen atoms in total. The fraction of sp³-hybridized carbons (Fsp3) is 0.143. The van der Waals surface area contributed by atoms with E-state index in [1.807, 2.05) is 13.0 Å². The van der Waals surface area contributed by atoms with Crippen LogP contribution < -0.4 is 5.32 Å². The second-order valence-corrected chi connectivity index (χ2v) is 6.52. The first-order chi connectivity index (χ1) is 13.5. The molecule has 4 rings (SSSR count). The van der Waals surface area contributed by atoms with Crippen LogP contribution in [0.3, 0.4) is 0 Å². The van der Waals surface area contributed by atoms with Crippen LogP contribution in [0.15, 0.2) is 65.9 Å². The molecule has 28 heavy (non-hydrogen) atoms. The van der Waals surface area contributed by atoms with Gasteiger partial charge in [-0.3, -0.25) is 0 Å². The molecule has 0 saturated carbocycles. The van der Waals surface area contributed by atoms with Gasteiger partial charge in [-0.05, 0) is 31.2 Å². The normalized spacial score (nSPS) is 17.5. The number of pyridine rings is 2. The number of rotatable bonds is 3. The van der Waals surface area contributed by atoms with Crippen LogP contribution in [-0.2, 0) is 5.54 Å². The molecule has 0 radical (unpaired) electrons. The lowest BCUT2D eigenvalue weighted by atomic mass is 9.80. The van der Waals surface area contributed by atoms with Crippen molar-refractivity contribution in [3.8, 4) is 6.07 Å². The Morgan fingerprint density at radius 3 is 2.18 bits per heavy atom. The quantitative estimate of drug-likeness (QED) is 0.713. The number of nitriles is 1. The zero-order valence-corrected chi connectivity index (χ0v) is 14.9. The fourth-order valence-electron chi connectivity index (χ4n) is 3.50. The molecule has 138 valence electrons. The number of hydrogen-bond donors (Lipinski definition) is 1. The first-order valence-corrected chi connectivity index (χ1v) is 8.64. The Morgan fingerprint density at radius 2 is 1.64 bits per heavy atom. The van der Waals surface area contributed by atoms with E-state index in [4.69, 9.17) is 10.3 Å². The summed E-state index contributed by atoms with van der Waals surface area (Å²) in [6.07, 6.45) is 2.85. The molecule has 1 atom stereocenters. The highest BCUT2D eigenvalue weighted by Gasteiger charge is 2.45. The van der Waals surface area contributed by atoms with Crippen molar-refractivity contribution >= 4 is 5.84 Å². The first kappa shape index (κ1) is 17.7. The second kappa shape index (κ2) is 6.82. The van der Waals surface area contributed by atoms with Crippen LogP contribution in [0.2, 0.25) is 0 Å². The molecular formula is C21H15F2N5. The molecule has 0 amide bonds. The molecule has 0 aliphatic carbocycles. The van der Waals surface area contributed by atoms with Crippen molar-refractivity contribution in [3.63, 3.8) is 0 Å². The second-order valence-electron chi connectivity index (χ2n) is 6.52. The lowest BCUT2D eigenvalue weighted by molar-refractivity contribution is 0.446. The minimum Gasteiger partial charge on any atom is -0.364 e. The van der Waals surface area contributed by atoms with Crippen molar-refractivity contribution in [2.45, 2.75) is 18.5 Å². The average Bonchev–Trinajstić information content (AvgIpc) is 3.07. The predicted molar refractivity (Wildman–Crippen MR) is 99.5 cm³/mol. The van der Waals surface area contributed by atoms with E-state index in [0.29, 0.717) is 22.5 Å². The van der Waals surface area contributed by atoms with Crippen molar-refractivity contribution in [3.05, 3.63) is 95.1 Å². The summed E-state index contributed by atoms with van der Waals surface area (Å²) in [5.41, 5.74) is 1.58. The third-order valence-electron chi connectivity index (χ3n) is 4.87. The molecule has 0 bridgehead atoms. The zero-order valence-electron chi connectivity index (χ0n) is 14.9. The number of hydrogen-bond acceptors (Lipinski definition) is 5. The number of benzene rings is 1. The molecule has 0 fully saturated rings. The van der Waals surface area contributed by atoms with E-state index < -0.39 is 17.4 Å². The molecule has 7 heteroatoms. The summed E-state index contributed by atoms with van der Waals surface area (Å²) >= 11 is 0. The van der Waals surface area contributed by atoms with Crippen molar-refractivity contribution < 1.29 is 8.78 Å². The summed E-state index contributed by atoms with van der Waals surface area (Å²) in [5, 5.41) is 12.5. The Kier molecular flexibility index (Phi) is 4.32. The predicted octanol–water partition coefficient (Wildman–Crippen LogP) is 3.31. The highest BCUT2D eigenvalue weighted by Crippen LogP contribution is 2.40. The number of aromatic nitrogens is 2. The third kappa shape index (κ3) is 2.89. The zero-order chi connectivity index (χ0) is 19.7. The molecule has 1 aliphatic heterocycles.